The molecule has 0 bridgehead atoms. The van der Waals surface area contributed by atoms with Crippen LogP contribution in [0.2, 0.25) is 0 Å². The first-order chi connectivity index (χ1) is 12.0. The summed E-state index contributed by atoms with van der Waals surface area (Å²) in [6.45, 7) is -0.0504. The van der Waals surface area contributed by atoms with Gasteiger partial charge in [0.1, 0.15) is 5.82 Å². The van der Waals surface area contributed by atoms with Crippen LogP contribution in [0, 0.1) is 15.9 Å². The summed E-state index contributed by atoms with van der Waals surface area (Å²) in [5.74, 6) is -1.36. The predicted molar refractivity (Wildman–Crippen MR) is 88.5 cm³/mol. The number of halogens is 1. The van der Waals surface area contributed by atoms with Crippen LogP contribution in [0.4, 0.5) is 10.1 Å². The molecular weight excluding hydrogens is 329 g/mol. The zero-order valence-corrected chi connectivity index (χ0v) is 13.2. The number of rotatable bonds is 7. The lowest BCUT2D eigenvalue weighted by Gasteiger charge is -2.07. The molecule has 0 aliphatic heterocycles. The molecule has 0 aliphatic carbocycles. The van der Waals surface area contributed by atoms with E-state index in [0.29, 0.717) is 12.0 Å². The second kappa shape index (κ2) is 8.53. The van der Waals surface area contributed by atoms with E-state index in [1.807, 2.05) is 0 Å². The van der Waals surface area contributed by atoms with Crippen molar-refractivity contribution in [3.8, 4) is 0 Å². The Hall–Kier alpha value is -3.29. The van der Waals surface area contributed by atoms with Crippen molar-refractivity contribution in [1.82, 2.24) is 10.6 Å². The lowest BCUT2D eigenvalue weighted by molar-refractivity contribution is -0.384. The number of carbonyl (C=O) groups excluding carboxylic acids is 2. The minimum Gasteiger partial charge on any atom is -0.354 e. The van der Waals surface area contributed by atoms with Crippen molar-refractivity contribution in [2.45, 2.75) is 6.42 Å². The number of carbonyl (C=O) groups is 2. The van der Waals surface area contributed by atoms with Crippen LogP contribution in [0.1, 0.15) is 15.9 Å². The van der Waals surface area contributed by atoms with Crippen LogP contribution in [-0.2, 0) is 11.2 Å². The molecule has 0 fully saturated rings. The van der Waals surface area contributed by atoms with Crippen molar-refractivity contribution >= 4 is 17.5 Å². The summed E-state index contributed by atoms with van der Waals surface area (Å²) in [7, 11) is 0. The molecule has 2 rings (SSSR count). The molecule has 0 aliphatic rings. The Balaban J connectivity index is 1.78. The summed E-state index contributed by atoms with van der Waals surface area (Å²) in [4.78, 5) is 33.7. The fourth-order valence-electron chi connectivity index (χ4n) is 2.12. The van der Waals surface area contributed by atoms with Crippen LogP contribution in [0.15, 0.2) is 48.5 Å². The van der Waals surface area contributed by atoms with E-state index in [1.54, 1.807) is 18.2 Å². The molecule has 0 atom stereocenters. The zero-order valence-electron chi connectivity index (χ0n) is 13.2. The summed E-state index contributed by atoms with van der Waals surface area (Å²) >= 11 is 0. The Bertz CT molecular complexity index is 795. The first-order valence-corrected chi connectivity index (χ1v) is 7.50. The minimum atomic E-state index is -0.605. The third-order valence-corrected chi connectivity index (χ3v) is 3.40. The number of nitrogens with one attached hydrogen (secondary N) is 2. The number of benzene rings is 2. The highest BCUT2D eigenvalue weighted by atomic mass is 19.1. The van der Waals surface area contributed by atoms with E-state index in [4.69, 9.17) is 0 Å². The summed E-state index contributed by atoms with van der Waals surface area (Å²) in [5, 5.41) is 15.6. The fourth-order valence-corrected chi connectivity index (χ4v) is 2.12. The summed E-state index contributed by atoms with van der Waals surface area (Å²) in [5.41, 5.74) is 0.374. The SMILES string of the molecule is O=C(CNC(=O)c1cccc([N+](=O)[O-])c1)NCCc1ccccc1F. The first kappa shape index (κ1) is 18.1. The van der Waals surface area contributed by atoms with Crippen LogP contribution in [0.5, 0.6) is 0 Å². The van der Waals surface area contributed by atoms with Gasteiger partial charge >= 0.3 is 0 Å². The van der Waals surface area contributed by atoms with Gasteiger partial charge in [0.2, 0.25) is 5.91 Å². The van der Waals surface area contributed by atoms with E-state index in [0.717, 1.165) is 6.07 Å². The number of hydrogen-bond acceptors (Lipinski definition) is 4. The molecule has 8 heteroatoms. The van der Waals surface area contributed by atoms with Gasteiger partial charge in [0.25, 0.3) is 11.6 Å². The molecule has 0 saturated heterocycles. The summed E-state index contributed by atoms with van der Waals surface area (Å²) in [6, 6.07) is 11.5. The maximum Gasteiger partial charge on any atom is 0.270 e. The molecule has 0 saturated carbocycles. The van der Waals surface area contributed by atoms with Gasteiger partial charge in [0, 0.05) is 24.2 Å². The number of amides is 2. The van der Waals surface area contributed by atoms with Crippen molar-refractivity contribution in [1.29, 1.82) is 0 Å². The minimum absolute atomic E-state index is 0.0911. The molecule has 0 unspecified atom stereocenters. The van der Waals surface area contributed by atoms with Crippen LogP contribution in [-0.4, -0.2) is 29.8 Å². The average molecular weight is 345 g/mol. The Morgan fingerprint density at radius 3 is 2.56 bits per heavy atom. The number of nitro benzene ring substituents is 1. The van der Waals surface area contributed by atoms with Gasteiger partial charge in [-0.25, -0.2) is 4.39 Å². The quantitative estimate of drug-likeness (QED) is 0.590. The maximum absolute atomic E-state index is 13.4. The van der Waals surface area contributed by atoms with Gasteiger partial charge in [-0.05, 0) is 24.1 Å². The van der Waals surface area contributed by atoms with Gasteiger partial charge in [-0.1, -0.05) is 24.3 Å². The monoisotopic (exact) mass is 345 g/mol. The maximum atomic E-state index is 13.4. The van der Waals surface area contributed by atoms with Crippen molar-refractivity contribution in [3.63, 3.8) is 0 Å². The molecule has 25 heavy (non-hydrogen) atoms. The molecule has 0 heterocycles. The third kappa shape index (κ3) is 5.38. The molecule has 0 spiro atoms. The molecular formula is C17H16FN3O4. The van der Waals surface area contributed by atoms with Gasteiger partial charge < -0.3 is 10.6 Å². The Morgan fingerprint density at radius 1 is 1.08 bits per heavy atom. The van der Waals surface area contributed by atoms with Crippen LogP contribution < -0.4 is 10.6 Å². The van der Waals surface area contributed by atoms with Crippen molar-refractivity contribution in [2.24, 2.45) is 0 Å². The van der Waals surface area contributed by atoms with Crippen LogP contribution in [0.3, 0.4) is 0 Å². The van der Waals surface area contributed by atoms with E-state index in [2.05, 4.69) is 10.6 Å². The standard InChI is InChI=1S/C17H16FN3O4/c18-15-7-2-1-4-12(15)8-9-19-16(22)11-20-17(23)13-5-3-6-14(10-13)21(24)25/h1-7,10H,8-9,11H2,(H,19,22)(H,20,23). The molecule has 2 amide bonds. The summed E-state index contributed by atoms with van der Waals surface area (Å²) < 4.78 is 13.4. The third-order valence-electron chi connectivity index (χ3n) is 3.40. The van der Waals surface area contributed by atoms with E-state index in [9.17, 15) is 24.1 Å². The number of nitrogens with zero attached hydrogens (tertiary/aromatic N) is 1. The number of hydrogen-bond donors (Lipinski definition) is 2. The summed E-state index contributed by atoms with van der Waals surface area (Å²) in [6.07, 6.45) is 0.331. The van der Waals surface area contributed by atoms with Gasteiger partial charge in [0.15, 0.2) is 0 Å². The second-order valence-electron chi connectivity index (χ2n) is 5.18. The number of non-ortho nitro benzene ring substituents is 1. The van der Waals surface area contributed by atoms with Crippen LogP contribution >= 0.6 is 0 Å². The fraction of sp³-hybridized carbons (Fsp3) is 0.176. The van der Waals surface area contributed by atoms with E-state index < -0.39 is 16.7 Å². The molecule has 0 radical (unpaired) electrons. The van der Waals surface area contributed by atoms with Gasteiger partial charge in [-0.3, -0.25) is 19.7 Å². The number of nitro groups is 1. The lowest BCUT2D eigenvalue weighted by atomic mass is 10.1. The lowest BCUT2D eigenvalue weighted by Crippen LogP contribution is -2.37. The highest BCUT2D eigenvalue weighted by Crippen LogP contribution is 2.12. The van der Waals surface area contributed by atoms with Gasteiger partial charge in [0.05, 0.1) is 11.5 Å². The van der Waals surface area contributed by atoms with Crippen molar-refractivity contribution in [2.75, 3.05) is 13.1 Å². The van der Waals surface area contributed by atoms with Gasteiger partial charge in [-0.15, -0.1) is 0 Å². The van der Waals surface area contributed by atoms with Crippen molar-refractivity contribution in [3.05, 3.63) is 75.6 Å². The average Bonchev–Trinajstić information content (AvgIpc) is 2.61. The van der Waals surface area contributed by atoms with E-state index in [1.165, 1.54) is 24.3 Å². The largest absolute Gasteiger partial charge is 0.354 e. The second-order valence-corrected chi connectivity index (χ2v) is 5.18. The molecule has 0 aromatic heterocycles. The zero-order chi connectivity index (χ0) is 18.2. The van der Waals surface area contributed by atoms with Gasteiger partial charge in [-0.2, -0.15) is 0 Å². The smallest absolute Gasteiger partial charge is 0.270 e. The van der Waals surface area contributed by atoms with Crippen molar-refractivity contribution < 1.29 is 18.9 Å². The molecule has 130 valence electrons. The molecule has 7 nitrogen and oxygen atoms in total. The molecule has 2 N–H and O–H groups in total. The normalized spacial score (nSPS) is 10.1. The van der Waals surface area contributed by atoms with E-state index in [-0.39, 0.29) is 30.2 Å². The Kier molecular flexibility index (Phi) is 6.16. The highest BCUT2D eigenvalue weighted by Gasteiger charge is 2.12. The molecule has 2 aromatic carbocycles. The Morgan fingerprint density at radius 2 is 1.84 bits per heavy atom. The predicted octanol–water partition coefficient (Wildman–Crippen LogP) is 1.82. The Labute approximate surface area is 143 Å². The topological polar surface area (TPSA) is 101 Å². The first-order valence-electron chi connectivity index (χ1n) is 7.50. The van der Waals surface area contributed by atoms with E-state index >= 15 is 0 Å². The highest BCUT2D eigenvalue weighted by molar-refractivity contribution is 5.96. The molecule has 2 aromatic rings. The van der Waals surface area contributed by atoms with Crippen LogP contribution in [0.25, 0.3) is 0 Å².